The molecule has 0 unspecified atom stereocenters. The molecule has 3 heterocycles. The first-order valence-corrected chi connectivity index (χ1v) is 12.3. The van der Waals surface area contributed by atoms with Crippen LogP contribution in [0, 0.1) is 5.92 Å². The molecular formula is C24H34N4O2S. The summed E-state index contributed by atoms with van der Waals surface area (Å²) in [5, 5.41) is 5.70. The van der Waals surface area contributed by atoms with Gasteiger partial charge in [-0.15, -0.1) is 11.3 Å². The average molecular weight is 443 g/mol. The van der Waals surface area contributed by atoms with Gasteiger partial charge in [0.05, 0.1) is 11.8 Å². The molecule has 0 saturated carbocycles. The third kappa shape index (κ3) is 6.35. The summed E-state index contributed by atoms with van der Waals surface area (Å²) in [7, 11) is 1.80. The standard InChI is InChI=1S/C24H34N4O2S/c1-18-7-11-28(12-8-18)16-21-17-31-24(25-21)26-23(29)20-5-3-19(4-6-20)15-27-13-9-22(30-2)10-14-27/h3-6,17-18,22H,7-16H2,1-2H3,(H,25,26,29). The molecule has 0 spiro atoms. The highest BCUT2D eigenvalue weighted by molar-refractivity contribution is 7.13. The first-order chi connectivity index (χ1) is 15.1. The molecule has 1 aromatic heterocycles. The lowest BCUT2D eigenvalue weighted by atomic mass is 9.99. The van der Waals surface area contributed by atoms with Crippen LogP contribution in [0.1, 0.15) is 54.2 Å². The summed E-state index contributed by atoms with van der Waals surface area (Å²) in [6, 6.07) is 7.94. The van der Waals surface area contributed by atoms with Gasteiger partial charge in [-0.1, -0.05) is 19.1 Å². The predicted molar refractivity (Wildman–Crippen MR) is 125 cm³/mol. The van der Waals surface area contributed by atoms with Crippen LogP contribution in [0.4, 0.5) is 5.13 Å². The zero-order valence-corrected chi connectivity index (χ0v) is 19.5. The summed E-state index contributed by atoms with van der Waals surface area (Å²) in [6.07, 6.45) is 5.09. The Labute approximate surface area is 189 Å². The quantitative estimate of drug-likeness (QED) is 0.695. The molecule has 2 saturated heterocycles. The van der Waals surface area contributed by atoms with Gasteiger partial charge < -0.3 is 4.74 Å². The highest BCUT2D eigenvalue weighted by atomic mass is 32.1. The molecule has 7 heteroatoms. The highest BCUT2D eigenvalue weighted by Gasteiger charge is 2.19. The van der Waals surface area contributed by atoms with E-state index in [1.54, 1.807) is 7.11 Å². The van der Waals surface area contributed by atoms with E-state index in [2.05, 4.69) is 44.5 Å². The molecule has 2 aliphatic heterocycles. The second-order valence-corrected chi connectivity index (χ2v) is 9.82. The third-order valence-corrected chi connectivity index (χ3v) is 7.33. The molecule has 2 aromatic rings. The van der Waals surface area contributed by atoms with Crippen LogP contribution in [0.2, 0.25) is 0 Å². The maximum atomic E-state index is 12.6. The minimum Gasteiger partial charge on any atom is -0.381 e. The first-order valence-electron chi connectivity index (χ1n) is 11.4. The molecule has 2 fully saturated rings. The smallest absolute Gasteiger partial charge is 0.257 e. The summed E-state index contributed by atoms with van der Waals surface area (Å²) >= 11 is 1.50. The minimum atomic E-state index is -0.0971. The topological polar surface area (TPSA) is 57.7 Å². The van der Waals surface area contributed by atoms with Crippen LogP contribution in [-0.2, 0) is 17.8 Å². The van der Waals surface area contributed by atoms with Gasteiger partial charge in [0.15, 0.2) is 5.13 Å². The monoisotopic (exact) mass is 442 g/mol. The van der Waals surface area contributed by atoms with E-state index < -0.39 is 0 Å². The second-order valence-electron chi connectivity index (χ2n) is 8.96. The molecule has 2 aliphatic rings. The fraction of sp³-hybridized carbons (Fsp3) is 0.583. The fourth-order valence-electron chi connectivity index (χ4n) is 4.38. The lowest BCUT2D eigenvalue weighted by Gasteiger charge is -2.31. The van der Waals surface area contributed by atoms with Crippen molar-refractivity contribution in [3.8, 4) is 0 Å². The molecular weight excluding hydrogens is 408 g/mol. The molecule has 0 radical (unpaired) electrons. The number of piperidine rings is 2. The summed E-state index contributed by atoms with van der Waals surface area (Å²) in [6.45, 7) is 8.51. The lowest BCUT2D eigenvalue weighted by molar-refractivity contribution is 0.0388. The van der Waals surface area contributed by atoms with E-state index >= 15 is 0 Å². The Morgan fingerprint density at radius 1 is 1.06 bits per heavy atom. The Morgan fingerprint density at radius 2 is 1.71 bits per heavy atom. The van der Waals surface area contributed by atoms with Gasteiger partial charge in [0.25, 0.3) is 5.91 Å². The Bertz CT molecular complexity index is 838. The van der Waals surface area contributed by atoms with E-state index in [1.807, 2.05) is 12.1 Å². The maximum Gasteiger partial charge on any atom is 0.257 e. The number of aromatic nitrogens is 1. The number of ether oxygens (including phenoxy) is 1. The third-order valence-electron chi connectivity index (χ3n) is 6.52. The molecule has 31 heavy (non-hydrogen) atoms. The van der Waals surface area contributed by atoms with Crippen molar-refractivity contribution < 1.29 is 9.53 Å². The van der Waals surface area contributed by atoms with E-state index in [1.165, 1.54) is 29.7 Å². The number of anilines is 1. The van der Waals surface area contributed by atoms with E-state index in [4.69, 9.17) is 4.74 Å². The molecule has 6 nitrogen and oxygen atoms in total. The number of nitrogens with one attached hydrogen (secondary N) is 1. The summed E-state index contributed by atoms with van der Waals surface area (Å²) in [5.74, 6) is 0.732. The van der Waals surface area contributed by atoms with Crippen molar-refractivity contribution in [2.24, 2.45) is 5.92 Å². The van der Waals surface area contributed by atoms with Crippen molar-refractivity contribution in [1.29, 1.82) is 0 Å². The Balaban J connectivity index is 1.26. The molecule has 0 bridgehead atoms. The zero-order chi connectivity index (χ0) is 21.6. The van der Waals surface area contributed by atoms with Crippen molar-refractivity contribution in [2.45, 2.75) is 51.8 Å². The zero-order valence-electron chi connectivity index (χ0n) is 18.7. The van der Waals surface area contributed by atoms with Crippen LogP contribution in [0.3, 0.4) is 0 Å². The predicted octanol–water partition coefficient (Wildman–Crippen LogP) is 4.24. The van der Waals surface area contributed by atoms with Crippen molar-refractivity contribution in [1.82, 2.24) is 14.8 Å². The van der Waals surface area contributed by atoms with Gasteiger partial charge in [0.1, 0.15) is 0 Å². The summed E-state index contributed by atoms with van der Waals surface area (Å²) < 4.78 is 5.45. The van der Waals surface area contributed by atoms with Crippen molar-refractivity contribution in [3.63, 3.8) is 0 Å². The number of methoxy groups -OCH3 is 1. The largest absolute Gasteiger partial charge is 0.381 e. The Kier molecular flexibility index (Phi) is 7.72. The number of benzene rings is 1. The highest BCUT2D eigenvalue weighted by Crippen LogP contribution is 2.22. The fourth-order valence-corrected chi connectivity index (χ4v) is 5.07. The van der Waals surface area contributed by atoms with Gasteiger partial charge in [0.2, 0.25) is 0 Å². The number of likely N-dealkylation sites (tertiary alicyclic amines) is 2. The van der Waals surface area contributed by atoms with Crippen molar-refractivity contribution >= 4 is 22.4 Å². The number of amides is 1. The number of carbonyl (C=O) groups excluding carboxylic acids is 1. The molecule has 168 valence electrons. The Hall–Kier alpha value is -1.80. The van der Waals surface area contributed by atoms with Gasteiger partial charge in [-0.2, -0.15) is 0 Å². The minimum absolute atomic E-state index is 0.0971. The van der Waals surface area contributed by atoms with Gasteiger partial charge in [0, 0.05) is 44.2 Å². The average Bonchev–Trinajstić information content (AvgIpc) is 3.23. The number of nitrogens with zero attached hydrogens (tertiary/aromatic N) is 3. The van der Waals surface area contributed by atoms with Crippen LogP contribution in [0.5, 0.6) is 0 Å². The Morgan fingerprint density at radius 3 is 2.39 bits per heavy atom. The lowest BCUT2D eigenvalue weighted by Crippen LogP contribution is -2.36. The first kappa shape index (κ1) is 22.4. The van der Waals surface area contributed by atoms with Crippen LogP contribution in [0.15, 0.2) is 29.6 Å². The molecule has 1 amide bonds. The van der Waals surface area contributed by atoms with Crippen LogP contribution >= 0.6 is 11.3 Å². The summed E-state index contributed by atoms with van der Waals surface area (Å²) in [5.41, 5.74) is 2.95. The molecule has 0 aliphatic carbocycles. The number of hydrogen-bond donors (Lipinski definition) is 1. The van der Waals surface area contributed by atoms with E-state index in [-0.39, 0.29) is 5.91 Å². The molecule has 1 aromatic carbocycles. The van der Waals surface area contributed by atoms with Crippen LogP contribution < -0.4 is 5.32 Å². The number of thiazole rings is 1. The van der Waals surface area contributed by atoms with Gasteiger partial charge >= 0.3 is 0 Å². The van der Waals surface area contributed by atoms with Crippen molar-refractivity contribution in [3.05, 3.63) is 46.5 Å². The molecule has 0 atom stereocenters. The SMILES string of the molecule is COC1CCN(Cc2ccc(C(=O)Nc3nc(CN4CCC(C)CC4)cs3)cc2)CC1. The van der Waals surface area contributed by atoms with Gasteiger partial charge in [-0.25, -0.2) is 4.98 Å². The van der Waals surface area contributed by atoms with Gasteiger partial charge in [-0.3, -0.25) is 19.9 Å². The van der Waals surface area contributed by atoms with Crippen LogP contribution in [0.25, 0.3) is 0 Å². The van der Waals surface area contributed by atoms with E-state index in [0.717, 1.165) is 63.7 Å². The molecule has 4 rings (SSSR count). The molecule has 1 N–H and O–H groups in total. The number of rotatable bonds is 7. The number of hydrogen-bond acceptors (Lipinski definition) is 6. The number of carbonyl (C=O) groups is 1. The van der Waals surface area contributed by atoms with Gasteiger partial charge in [-0.05, 0) is 62.4 Å². The second kappa shape index (κ2) is 10.7. The van der Waals surface area contributed by atoms with E-state index in [9.17, 15) is 4.79 Å². The van der Waals surface area contributed by atoms with Crippen LogP contribution in [-0.4, -0.2) is 60.1 Å². The summed E-state index contributed by atoms with van der Waals surface area (Å²) in [4.78, 5) is 22.2. The van der Waals surface area contributed by atoms with E-state index in [0.29, 0.717) is 16.8 Å². The van der Waals surface area contributed by atoms with Crippen molar-refractivity contribution in [2.75, 3.05) is 38.6 Å². The normalized spacial score (nSPS) is 19.5. The maximum absolute atomic E-state index is 12.6.